The predicted molar refractivity (Wildman–Crippen MR) is 110 cm³/mol. The summed E-state index contributed by atoms with van der Waals surface area (Å²) in [7, 11) is 1.63. The maximum atomic E-state index is 12.6. The van der Waals surface area contributed by atoms with Crippen molar-refractivity contribution in [3.8, 4) is 5.75 Å². The lowest BCUT2D eigenvalue weighted by atomic mass is 10.1. The minimum atomic E-state index is -0.346. The second kappa shape index (κ2) is 8.88. The topological polar surface area (TPSA) is 81.9 Å². The van der Waals surface area contributed by atoms with Crippen LogP contribution in [0.25, 0.3) is 0 Å². The quantitative estimate of drug-likeness (QED) is 0.615. The highest BCUT2D eigenvalue weighted by Crippen LogP contribution is 2.24. The van der Waals surface area contributed by atoms with E-state index in [9.17, 15) is 4.79 Å². The molecule has 1 atom stereocenters. The zero-order valence-corrected chi connectivity index (χ0v) is 17.2. The van der Waals surface area contributed by atoms with E-state index in [1.807, 2.05) is 63.2 Å². The molecule has 1 aromatic heterocycles. The molecule has 8 heteroatoms. The molecule has 1 amide bonds. The van der Waals surface area contributed by atoms with Crippen LogP contribution in [0.1, 0.15) is 23.6 Å². The van der Waals surface area contributed by atoms with E-state index in [1.54, 1.807) is 11.8 Å². The molecule has 1 N–H and O–H groups in total. The van der Waals surface area contributed by atoms with Crippen LogP contribution in [0.4, 0.5) is 5.69 Å². The number of benzene rings is 2. The number of rotatable bonds is 7. The van der Waals surface area contributed by atoms with Gasteiger partial charge in [0.25, 0.3) is 0 Å². The van der Waals surface area contributed by atoms with Crippen LogP contribution in [-0.4, -0.2) is 38.5 Å². The summed E-state index contributed by atoms with van der Waals surface area (Å²) in [6.07, 6.45) is 0. The average Bonchev–Trinajstić information content (AvgIpc) is 3.11. The van der Waals surface area contributed by atoms with E-state index in [2.05, 4.69) is 20.8 Å². The fraction of sp³-hybridized carbons (Fsp3) is 0.300. The number of anilines is 1. The summed E-state index contributed by atoms with van der Waals surface area (Å²) < 4.78 is 6.86. The second-order valence-corrected chi connectivity index (χ2v) is 7.84. The number of aromatic nitrogens is 4. The van der Waals surface area contributed by atoms with Gasteiger partial charge in [0.2, 0.25) is 11.1 Å². The number of amides is 1. The van der Waals surface area contributed by atoms with Crippen LogP contribution in [0.15, 0.2) is 47.6 Å². The highest BCUT2D eigenvalue weighted by molar-refractivity contribution is 8.00. The van der Waals surface area contributed by atoms with Gasteiger partial charge >= 0.3 is 0 Å². The number of hydrogen-bond donors (Lipinski definition) is 1. The fourth-order valence-corrected chi connectivity index (χ4v) is 3.47. The Labute approximate surface area is 168 Å². The summed E-state index contributed by atoms with van der Waals surface area (Å²) in [5.41, 5.74) is 4.06. The average molecular weight is 398 g/mol. The SMILES string of the molecule is COc1ccc(Cn2nnnc2SC(C)C(=O)Nc2ccc(C)cc2C)cc1. The summed E-state index contributed by atoms with van der Waals surface area (Å²) in [5.74, 6) is 0.711. The molecule has 2 aromatic carbocycles. The number of tetrazole rings is 1. The summed E-state index contributed by atoms with van der Waals surface area (Å²) in [5, 5.41) is 15.1. The van der Waals surface area contributed by atoms with Gasteiger partial charge < -0.3 is 10.1 Å². The first-order chi connectivity index (χ1) is 13.5. The monoisotopic (exact) mass is 397 g/mol. The molecular formula is C20H23N5O2S. The van der Waals surface area contributed by atoms with Crippen molar-refractivity contribution in [1.82, 2.24) is 20.2 Å². The summed E-state index contributed by atoms with van der Waals surface area (Å²) in [6.45, 7) is 6.37. The lowest BCUT2D eigenvalue weighted by Crippen LogP contribution is -2.23. The van der Waals surface area contributed by atoms with Crippen molar-refractivity contribution in [2.45, 2.75) is 37.7 Å². The molecule has 3 aromatic rings. The van der Waals surface area contributed by atoms with Crippen LogP contribution in [0.5, 0.6) is 5.75 Å². The zero-order valence-electron chi connectivity index (χ0n) is 16.3. The van der Waals surface area contributed by atoms with Gasteiger partial charge in [-0.25, -0.2) is 4.68 Å². The number of nitrogens with one attached hydrogen (secondary N) is 1. The summed E-state index contributed by atoms with van der Waals surface area (Å²) >= 11 is 1.33. The molecule has 7 nitrogen and oxygen atoms in total. The molecule has 1 unspecified atom stereocenters. The van der Waals surface area contributed by atoms with Gasteiger partial charge in [-0.1, -0.05) is 41.6 Å². The third-order valence-corrected chi connectivity index (χ3v) is 5.35. The first-order valence-corrected chi connectivity index (χ1v) is 9.78. The first-order valence-electron chi connectivity index (χ1n) is 8.90. The Balaban J connectivity index is 1.64. The Bertz CT molecular complexity index is 955. The smallest absolute Gasteiger partial charge is 0.237 e. The lowest BCUT2D eigenvalue weighted by Gasteiger charge is -2.13. The Hall–Kier alpha value is -2.87. The highest BCUT2D eigenvalue weighted by Gasteiger charge is 2.19. The number of hydrogen-bond acceptors (Lipinski definition) is 6. The second-order valence-electron chi connectivity index (χ2n) is 6.53. The highest BCUT2D eigenvalue weighted by atomic mass is 32.2. The van der Waals surface area contributed by atoms with Gasteiger partial charge in [-0.05, 0) is 60.5 Å². The molecule has 28 heavy (non-hydrogen) atoms. The Kier molecular flexibility index (Phi) is 6.30. The molecule has 0 saturated heterocycles. The fourth-order valence-electron chi connectivity index (χ4n) is 2.68. The number of thioether (sulfide) groups is 1. The van der Waals surface area contributed by atoms with Crippen LogP contribution >= 0.6 is 11.8 Å². The summed E-state index contributed by atoms with van der Waals surface area (Å²) in [6, 6.07) is 13.7. The number of nitrogens with zero attached hydrogens (tertiary/aromatic N) is 4. The van der Waals surface area contributed by atoms with E-state index < -0.39 is 0 Å². The molecule has 0 fully saturated rings. The van der Waals surface area contributed by atoms with Gasteiger partial charge in [-0.3, -0.25) is 4.79 Å². The van der Waals surface area contributed by atoms with Crippen molar-refractivity contribution in [1.29, 1.82) is 0 Å². The van der Waals surface area contributed by atoms with Gasteiger partial charge in [0, 0.05) is 5.69 Å². The lowest BCUT2D eigenvalue weighted by molar-refractivity contribution is -0.115. The van der Waals surface area contributed by atoms with Gasteiger partial charge in [0.15, 0.2) is 0 Å². The van der Waals surface area contributed by atoms with Crippen LogP contribution in [-0.2, 0) is 11.3 Å². The maximum Gasteiger partial charge on any atom is 0.237 e. The van der Waals surface area contributed by atoms with Gasteiger partial charge in [-0.2, -0.15) is 0 Å². The van der Waals surface area contributed by atoms with Gasteiger partial charge in [-0.15, -0.1) is 5.10 Å². The van der Waals surface area contributed by atoms with E-state index in [4.69, 9.17) is 4.74 Å². The minimum absolute atomic E-state index is 0.0871. The maximum absolute atomic E-state index is 12.6. The van der Waals surface area contributed by atoms with E-state index in [1.165, 1.54) is 11.8 Å². The van der Waals surface area contributed by atoms with Crippen molar-refractivity contribution < 1.29 is 9.53 Å². The Morgan fingerprint density at radius 3 is 2.64 bits per heavy atom. The number of aryl methyl sites for hydroxylation is 2. The standard InChI is InChI=1S/C20H23N5O2S/c1-13-5-10-18(14(2)11-13)21-19(26)15(3)28-20-22-23-24-25(20)12-16-6-8-17(27-4)9-7-16/h5-11,15H,12H2,1-4H3,(H,21,26). The molecular weight excluding hydrogens is 374 g/mol. The number of methoxy groups -OCH3 is 1. The molecule has 0 bridgehead atoms. The molecule has 1 heterocycles. The number of carbonyl (C=O) groups excluding carboxylic acids is 1. The van der Waals surface area contributed by atoms with Crippen molar-refractivity contribution in [3.05, 3.63) is 59.2 Å². The zero-order chi connectivity index (χ0) is 20.1. The minimum Gasteiger partial charge on any atom is -0.497 e. The molecule has 3 rings (SSSR count). The predicted octanol–water partition coefficient (Wildman–Crippen LogP) is 3.47. The molecule has 0 spiro atoms. The van der Waals surface area contributed by atoms with E-state index >= 15 is 0 Å². The van der Waals surface area contributed by atoms with Gasteiger partial charge in [0.05, 0.1) is 18.9 Å². The third-order valence-electron chi connectivity index (χ3n) is 4.28. The van der Waals surface area contributed by atoms with Crippen LogP contribution in [0, 0.1) is 13.8 Å². The van der Waals surface area contributed by atoms with Gasteiger partial charge in [0.1, 0.15) is 5.75 Å². The third kappa shape index (κ3) is 4.89. The van der Waals surface area contributed by atoms with Crippen LogP contribution < -0.4 is 10.1 Å². The number of carbonyl (C=O) groups is 1. The molecule has 0 saturated carbocycles. The molecule has 146 valence electrons. The van der Waals surface area contributed by atoms with Crippen molar-refractivity contribution in [2.24, 2.45) is 0 Å². The normalized spacial score (nSPS) is 11.9. The Morgan fingerprint density at radius 1 is 1.21 bits per heavy atom. The molecule has 0 aliphatic carbocycles. The van der Waals surface area contributed by atoms with Crippen molar-refractivity contribution in [3.63, 3.8) is 0 Å². The van der Waals surface area contributed by atoms with E-state index in [0.29, 0.717) is 11.7 Å². The van der Waals surface area contributed by atoms with Crippen molar-refractivity contribution in [2.75, 3.05) is 12.4 Å². The Morgan fingerprint density at radius 2 is 1.96 bits per heavy atom. The van der Waals surface area contributed by atoms with Crippen LogP contribution in [0.3, 0.4) is 0 Å². The first kappa shape index (κ1) is 19.9. The van der Waals surface area contributed by atoms with E-state index in [0.717, 1.165) is 28.1 Å². The summed E-state index contributed by atoms with van der Waals surface area (Å²) in [4.78, 5) is 12.6. The molecule has 0 radical (unpaired) electrons. The van der Waals surface area contributed by atoms with Crippen molar-refractivity contribution >= 4 is 23.4 Å². The van der Waals surface area contributed by atoms with E-state index in [-0.39, 0.29) is 11.2 Å². The number of ether oxygens (including phenoxy) is 1. The molecule has 0 aliphatic heterocycles. The van der Waals surface area contributed by atoms with Crippen LogP contribution in [0.2, 0.25) is 0 Å². The molecule has 0 aliphatic rings. The largest absolute Gasteiger partial charge is 0.497 e.